The number of nitrogens with one attached hydrogen (secondary N) is 2. The highest BCUT2D eigenvalue weighted by atomic mass is 35.5. The first kappa shape index (κ1) is 18.3. The Labute approximate surface area is 137 Å². The van der Waals surface area contributed by atoms with Crippen molar-refractivity contribution < 1.29 is 9.00 Å². The van der Waals surface area contributed by atoms with Gasteiger partial charge in [-0.3, -0.25) is 4.21 Å². The van der Waals surface area contributed by atoms with E-state index < -0.39 is 10.8 Å². The first-order valence-corrected chi connectivity index (χ1v) is 9.75. The van der Waals surface area contributed by atoms with Crippen LogP contribution < -0.4 is 10.6 Å². The largest absolute Gasteiger partial charge is 0.336 e. The van der Waals surface area contributed by atoms with E-state index in [1.54, 1.807) is 36.2 Å². The molecule has 1 aromatic carbocycles. The second-order valence-corrected chi connectivity index (χ2v) is 8.65. The van der Waals surface area contributed by atoms with Crippen molar-refractivity contribution in [2.24, 2.45) is 0 Å². The van der Waals surface area contributed by atoms with Crippen LogP contribution in [-0.4, -0.2) is 34.0 Å². The molecule has 0 aliphatic rings. The van der Waals surface area contributed by atoms with Gasteiger partial charge in [0.1, 0.15) is 0 Å². The van der Waals surface area contributed by atoms with Crippen LogP contribution in [0.15, 0.2) is 18.2 Å². The number of benzene rings is 1. The van der Waals surface area contributed by atoms with E-state index in [4.69, 9.17) is 11.6 Å². The first-order chi connectivity index (χ1) is 9.73. The Hall–Kier alpha value is -0.720. The van der Waals surface area contributed by atoms with Gasteiger partial charge >= 0.3 is 6.03 Å². The van der Waals surface area contributed by atoms with Gasteiger partial charge in [-0.05, 0) is 43.9 Å². The van der Waals surface area contributed by atoms with Crippen molar-refractivity contribution in [3.05, 3.63) is 28.8 Å². The van der Waals surface area contributed by atoms with E-state index in [2.05, 4.69) is 24.5 Å². The van der Waals surface area contributed by atoms with E-state index >= 15 is 0 Å². The van der Waals surface area contributed by atoms with E-state index in [-0.39, 0.29) is 10.8 Å². The molecule has 0 saturated heterocycles. The molecule has 2 amide bonds. The lowest BCUT2D eigenvalue weighted by Crippen LogP contribution is -2.38. The molecule has 1 rings (SSSR count). The Morgan fingerprint density at radius 2 is 2.10 bits per heavy atom. The van der Waals surface area contributed by atoms with Crippen LogP contribution in [0.3, 0.4) is 0 Å². The number of halogens is 1. The van der Waals surface area contributed by atoms with Crippen LogP contribution in [0.1, 0.15) is 19.4 Å². The maximum absolute atomic E-state index is 11.9. The summed E-state index contributed by atoms with van der Waals surface area (Å²) in [5.41, 5.74) is 1.40. The fourth-order valence-corrected chi connectivity index (χ4v) is 2.68. The van der Waals surface area contributed by atoms with E-state index in [9.17, 15) is 9.00 Å². The van der Waals surface area contributed by atoms with Crippen LogP contribution in [0.5, 0.6) is 0 Å². The van der Waals surface area contributed by atoms with E-state index in [0.29, 0.717) is 23.0 Å². The standard InChI is InChI=1S/C14H21ClN2O2S2/c1-14(2,20-3)9-16-13(18)17-11-5-6-12(15)10(7-11)8-21(4)19/h5-7H,8-9H2,1-4H3,(H2,16,17,18)/t21-/m0/s1. The predicted molar refractivity (Wildman–Crippen MR) is 93.8 cm³/mol. The molecule has 21 heavy (non-hydrogen) atoms. The second kappa shape index (κ2) is 8.06. The highest BCUT2D eigenvalue weighted by Crippen LogP contribution is 2.22. The summed E-state index contributed by atoms with van der Waals surface area (Å²) in [6.07, 6.45) is 3.63. The summed E-state index contributed by atoms with van der Waals surface area (Å²) in [6, 6.07) is 4.92. The Balaban J connectivity index is 2.66. The minimum Gasteiger partial charge on any atom is -0.336 e. The van der Waals surface area contributed by atoms with Crippen LogP contribution in [0.4, 0.5) is 10.5 Å². The van der Waals surface area contributed by atoms with Crippen molar-refractivity contribution in [2.45, 2.75) is 24.3 Å². The van der Waals surface area contributed by atoms with Crippen molar-refractivity contribution in [2.75, 3.05) is 24.4 Å². The molecule has 0 heterocycles. The maximum atomic E-state index is 11.9. The summed E-state index contributed by atoms with van der Waals surface area (Å²) < 4.78 is 11.3. The molecule has 118 valence electrons. The minimum absolute atomic E-state index is 0.0123. The highest BCUT2D eigenvalue weighted by molar-refractivity contribution is 7.99. The molecule has 7 heteroatoms. The zero-order chi connectivity index (χ0) is 16.0. The van der Waals surface area contributed by atoms with Crippen molar-refractivity contribution >= 4 is 45.9 Å². The smallest absolute Gasteiger partial charge is 0.319 e. The number of thioether (sulfide) groups is 1. The number of hydrogen-bond acceptors (Lipinski definition) is 3. The third kappa shape index (κ3) is 6.72. The Bertz CT molecular complexity index is 536. The summed E-state index contributed by atoms with van der Waals surface area (Å²) in [4.78, 5) is 11.9. The molecule has 0 saturated carbocycles. The average Bonchev–Trinajstić information content (AvgIpc) is 2.40. The molecule has 0 aromatic heterocycles. The quantitative estimate of drug-likeness (QED) is 0.827. The summed E-state index contributed by atoms with van der Waals surface area (Å²) in [5, 5.41) is 6.15. The van der Waals surface area contributed by atoms with Gasteiger partial charge in [-0.15, -0.1) is 0 Å². The maximum Gasteiger partial charge on any atom is 0.319 e. The zero-order valence-corrected chi connectivity index (χ0v) is 15.0. The molecule has 1 atom stereocenters. The molecule has 0 radical (unpaired) electrons. The van der Waals surface area contributed by atoms with Gasteiger partial charge in [-0.25, -0.2) is 4.79 Å². The van der Waals surface area contributed by atoms with Crippen molar-refractivity contribution in [1.29, 1.82) is 0 Å². The molecule has 4 nitrogen and oxygen atoms in total. The van der Waals surface area contributed by atoms with Crippen LogP contribution in [0.2, 0.25) is 5.02 Å². The number of amides is 2. The normalized spacial score (nSPS) is 12.8. The predicted octanol–water partition coefficient (Wildman–Crippen LogP) is 3.48. The second-order valence-electron chi connectivity index (χ2n) is 5.30. The summed E-state index contributed by atoms with van der Waals surface area (Å²) in [5.74, 6) is 0.371. The van der Waals surface area contributed by atoms with Gasteiger partial charge < -0.3 is 10.6 Å². The summed E-state index contributed by atoms with van der Waals surface area (Å²) >= 11 is 7.74. The summed E-state index contributed by atoms with van der Waals surface area (Å²) in [6.45, 7) is 4.70. The van der Waals surface area contributed by atoms with Gasteiger partial charge in [0, 0.05) is 44.8 Å². The van der Waals surface area contributed by atoms with Crippen LogP contribution in [0.25, 0.3) is 0 Å². The van der Waals surface area contributed by atoms with Crippen molar-refractivity contribution in [3.8, 4) is 0 Å². The molecule has 0 aliphatic carbocycles. The Morgan fingerprint density at radius 3 is 2.67 bits per heavy atom. The molecule has 0 unspecified atom stereocenters. The van der Waals surface area contributed by atoms with Gasteiger partial charge in [-0.1, -0.05) is 11.6 Å². The fourth-order valence-electron chi connectivity index (χ4n) is 1.52. The minimum atomic E-state index is -0.980. The van der Waals surface area contributed by atoms with Crippen LogP contribution in [-0.2, 0) is 16.6 Å². The van der Waals surface area contributed by atoms with E-state index in [1.165, 1.54) is 0 Å². The highest BCUT2D eigenvalue weighted by Gasteiger charge is 2.17. The van der Waals surface area contributed by atoms with Gasteiger partial charge in [0.2, 0.25) is 0 Å². The van der Waals surface area contributed by atoms with Gasteiger partial charge in [0.15, 0.2) is 0 Å². The van der Waals surface area contributed by atoms with E-state index in [0.717, 1.165) is 5.56 Å². The Kier molecular flexibility index (Phi) is 7.03. The lowest BCUT2D eigenvalue weighted by atomic mass is 10.2. The molecule has 0 spiro atoms. The summed E-state index contributed by atoms with van der Waals surface area (Å²) in [7, 11) is -0.980. The SMILES string of the molecule is CSC(C)(C)CNC(=O)Nc1ccc(Cl)c(C[S@](C)=O)c1. The molecular weight excluding hydrogens is 328 g/mol. The molecule has 0 bridgehead atoms. The number of carbonyl (C=O) groups is 1. The monoisotopic (exact) mass is 348 g/mol. The Morgan fingerprint density at radius 1 is 1.43 bits per heavy atom. The fraction of sp³-hybridized carbons (Fsp3) is 0.500. The topological polar surface area (TPSA) is 58.2 Å². The third-order valence-electron chi connectivity index (χ3n) is 2.89. The average molecular weight is 349 g/mol. The zero-order valence-electron chi connectivity index (χ0n) is 12.7. The van der Waals surface area contributed by atoms with E-state index in [1.807, 2.05) is 6.26 Å². The molecule has 0 aliphatic heterocycles. The lowest BCUT2D eigenvalue weighted by Gasteiger charge is -2.22. The number of carbonyl (C=O) groups excluding carboxylic acids is 1. The van der Waals surface area contributed by atoms with Gasteiger partial charge in [0.25, 0.3) is 0 Å². The number of anilines is 1. The lowest BCUT2D eigenvalue weighted by molar-refractivity contribution is 0.251. The number of urea groups is 1. The van der Waals surface area contributed by atoms with Crippen LogP contribution >= 0.6 is 23.4 Å². The molecule has 0 fully saturated rings. The van der Waals surface area contributed by atoms with Gasteiger partial charge in [-0.2, -0.15) is 11.8 Å². The number of rotatable bonds is 6. The third-order valence-corrected chi connectivity index (χ3v) is 5.23. The molecule has 2 N–H and O–H groups in total. The van der Waals surface area contributed by atoms with Crippen LogP contribution in [0, 0.1) is 0 Å². The molecule has 1 aromatic rings. The molecular formula is C14H21ClN2O2S2. The first-order valence-electron chi connectivity index (χ1n) is 6.42. The van der Waals surface area contributed by atoms with Crippen molar-refractivity contribution in [1.82, 2.24) is 5.32 Å². The number of hydrogen-bond donors (Lipinski definition) is 2. The van der Waals surface area contributed by atoms with Crippen molar-refractivity contribution in [3.63, 3.8) is 0 Å². The van der Waals surface area contributed by atoms with Gasteiger partial charge in [0.05, 0.1) is 0 Å².